The fraction of sp³-hybridized carbons (Fsp3) is 0.167. The van der Waals surface area contributed by atoms with Crippen molar-refractivity contribution in [3.8, 4) is 5.75 Å². The van der Waals surface area contributed by atoms with Gasteiger partial charge in [-0.15, -0.1) is 11.3 Å². The van der Waals surface area contributed by atoms with Gasteiger partial charge in [-0.1, -0.05) is 18.5 Å². The van der Waals surface area contributed by atoms with Gasteiger partial charge < -0.3 is 4.74 Å². The van der Waals surface area contributed by atoms with E-state index in [1.54, 1.807) is 12.1 Å². The van der Waals surface area contributed by atoms with Crippen molar-refractivity contribution >= 4 is 45.0 Å². The largest absolute Gasteiger partial charge is 0.483 e. The maximum Gasteiger partial charge on any atom is 0.263 e. The van der Waals surface area contributed by atoms with E-state index in [0.29, 0.717) is 15.5 Å². The van der Waals surface area contributed by atoms with E-state index in [9.17, 15) is 18.4 Å². The fourth-order valence-electron chi connectivity index (χ4n) is 2.28. The first-order chi connectivity index (χ1) is 12.9. The average Bonchev–Trinajstić information content (AvgIpc) is 3.02. The Morgan fingerprint density at radius 2 is 2.04 bits per heavy atom. The molecule has 0 aliphatic heterocycles. The molecular weight excluding hydrogens is 398 g/mol. The topological polar surface area (TPSA) is 68.3 Å². The van der Waals surface area contributed by atoms with Crippen LogP contribution in [0.4, 0.5) is 8.78 Å². The second-order valence-corrected chi connectivity index (χ2v) is 7.03. The molecule has 9 heteroatoms. The molecular formula is C18H13ClF2N2O3S. The molecule has 0 fully saturated rings. The quantitative estimate of drug-likeness (QED) is 0.673. The number of imide groups is 1. The maximum absolute atomic E-state index is 14.5. The van der Waals surface area contributed by atoms with Crippen molar-refractivity contribution < 1.29 is 23.1 Å². The van der Waals surface area contributed by atoms with E-state index in [-0.39, 0.29) is 18.8 Å². The van der Waals surface area contributed by atoms with E-state index >= 15 is 0 Å². The number of hydrogen-bond donors (Lipinski definition) is 1. The van der Waals surface area contributed by atoms with Crippen LogP contribution >= 0.6 is 22.9 Å². The lowest BCUT2D eigenvalue weighted by atomic mass is 10.1. The van der Waals surface area contributed by atoms with Crippen LogP contribution in [0, 0.1) is 11.6 Å². The van der Waals surface area contributed by atoms with Crippen molar-refractivity contribution in [3.63, 3.8) is 0 Å². The number of fused-ring (bicyclic) bond motifs is 1. The number of benzene rings is 2. The summed E-state index contributed by atoms with van der Waals surface area (Å²) in [4.78, 5) is 27.6. The van der Waals surface area contributed by atoms with Crippen LogP contribution < -0.4 is 10.1 Å². The van der Waals surface area contributed by atoms with Gasteiger partial charge in [0.15, 0.2) is 11.6 Å². The van der Waals surface area contributed by atoms with Gasteiger partial charge in [-0.05, 0) is 30.3 Å². The zero-order chi connectivity index (χ0) is 19.6. The van der Waals surface area contributed by atoms with Crippen LogP contribution in [0.15, 0.2) is 30.3 Å². The molecule has 1 aromatic heterocycles. The third-order valence-electron chi connectivity index (χ3n) is 3.60. The van der Waals surface area contributed by atoms with Crippen LogP contribution in [0.1, 0.15) is 28.7 Å². The van der Waals surface area contributed by atoms with Crippen LogP contribution in [0.25, 0.3) is 10.2 Å². The van der Waals surface area contributed by atoms with Crippen molar-refractivity contribution in [1.29, 1.82) is 0 Å². The summed E-state index contributed by atoms with van der Waals surface area (Å²) in [5.41, 5.74) is -0.186. The summed E-state index contributed by atoms with van der Waals surface area (Å²) < 4.78 is 34.7. The lowest BCUT2D eigenvalue weighted by Crippen LogP contribution is -2.31. The maximum atomic E-state index is 14.5. The third kappa shape index (κ3) is 4.23. The molecule has 140 valence electrons. The first-order valence-corrected chi connectivity index (χ1v) is 9.08. The number of halogens is 3. The Bertz CT molecular complexity index is 1040. The second-order valence-electron chi connectivity index (χ2n) is 5.47. The molecule has 3 aromatic rings. The van der Waals surface area contributed by atoms with Gasteiger partial charge in [-0.25, -0.2) is 13.8 Å². The van der Waals surface area contributed by atoms with E-state index in [1.807, 2.05) is 11.4 Å². The zero-order valence-corrected chi connectivity index (χ0v) is 15.6. The zero-order valence-electron chi connectivity index (χ0n) is 14.0. The molecule has 0 radical (unpaired) electrons. The predicted molar refractivity (Wildman–Crippen MR) is 98.1 cm³/mol. The lowest BCUT2D eigenvalue weighted by Gasteiger charge is -2.10. The summed E-state index contributed by atoms with van der Waals surface area (Å²) in [5.74, 6) is -4.38. The standard InChI is InChI=1S/C18H13ClF2N2O3S/c1-2-14(24)23-18(25)16-10(20)4-5-12(17(16)21)26-8-15-22-11-7-9(19)3-6-13(11)27-15/h3-7H,2,8H2,1H3,(H,23,24,25). The highest BCUT2D eigenvalue weighted by atomic mass is 35.5. The Hall–Kier alpha value is -2.58. The van der Waals surface area contributed by atoms with E-state index in [4.69, 9.17) is 16.3 Å². The minimum Gasteiger partial charge on any atom is -0.483 e. The minimum absolute atomic E-state index is 0.00674. The molecule has 2 amide bonds. The van der Waals surface area contributed by atoms with E-state index < -0.39 is 29.0 Å². The van der Waals surface area contributed by atoms with Crippen LogP contribution in [-0.2, 0) is 11.4 Å². The average molecular weight is 411 g/mol. The summed E-state index contributed by atoms with van der Waals surface area (Å²) in [6.45, 7) is 1.44. The van der Waals surface area contributed by atoms with Gasteiger partial charge in [0.1, 0.15) is 23.0 Å². The first kappa shape index (κ1) is 19.2. The van der Waals surface area contributed by atoms with Crippen molar-refractivity contribution in [2.75, 3.05) is 0 Å². The molecule has 1 N–H and O–H groups in total. The Labute approximate surface area is 161 Å². The van der Waals surface area contributed by atoms with Gasteiger partial charge in [-0.2, -0.15) is 0 Å². The molecule has 0 aliphatic carbocycles. The molecule has 0 saturated carbocycles. The van der Waals surface area contributed by atoms with Crippen LogP contribution in [0.5, 0.6) is 5.75 Å². The number of nitrogens with zero attached hydrogens (tertiary/aromatic N) is 1. The van der Waals surface area contributed by atoms with E-state index in [0.717, 1.165) is 16.8 Å². The number of carbonyl (C=O) groups excluding carboxylic acids is 2. The number of thiazole rings is 1. The Morgan fingerprint density at radius 3 is 2.78 bits per heavy atom. The summed E-state index contributed by atoms with van der Waals surface area (Å²) in [6, 6.07) is 7.22. The molecule has 0 unspecified atom stereocenters. The number of carbonyl (C=O) groups is 2. The number of hydrogen-bond acceptors (Lipinski definition) is 5. The van der Waals surface area contributed by atoms with E-state index in [1.165, 1.54) is 18.3 Å². The Morgan fingerprint density at radius 1 is 1.26 bits per heavy atom. The lowest BCUT2D eigenvalue weighted by molar-refractivity contribution is -0.119. The summed E-state index contributed by atoms with van der Waals surface area (Å²) >= 11 is 7.26. The van der Waals surface area contributed by atoms with Gasteiger partial charge in [0.2, 0.25) is 5.91 Å². The normalized spacial score (nSPS) is 10.8. The summed E-state index contributed by atoms with van der Waals surface area (Å²) in [5, 5.41) is 3.02. The molecule has 3 rings (SSSR count). The number of aromatic nitrogens is 1. The number of ether oxygens (including phenoxy) is 1. The highest BCUT2D eigenvalue weighted by molar-refractivity contribution is 7.18. The fourth-order valence-corrected chi connectivity index (χ4v) is 3.31. The molecule has 27 heavy (non-hydrogen) atoms. The first-order valence-electron chi connectivity index (χ1n) is 7.89. The van der Waals surface area contributed by atoms with Crippen LogP contribution in [-0.4, -0.2) is 16.8 Å². The van der Waals surface area contributed by atoms with Crippen molar-refractivity contribution in [2.24, 2.45) is 0 Å². The minimum atomic E-state index is -1.18. The SMILES string of the molecule is CCC(=O)NC(=O)c1c(F)ccc(OCc2nc3cc(Cl)ccc3s2)c1F. The monoisotopic (exact) mass is 410 g/mol. The van der Waals surface area contributed by atoms with Crippen molar-refractivity contribution in [3.05, 3.63) is 57.6 Å². The number of nitrogens with one attached hydrogen (secondary N) is 1. The van der Waals surface area contributed by atoms with Crippen molar-refractivity contribution in [2.45, 2.75) is 20.0 Å². The van der Waals surface area contributed by atoms with Gasteiger partial charge in [0.05, 0.1) is 10.2 Å². The summed E-state index contributed by atoms with van der Waals surface area (Å²) in [7, 11) is 0. The molecule has 0 atom stereocenters. The van der Waals surface area contributed by atoms with Gasteiger partial charge >= 0.3 is 0 Å². The smallest absolute Gasteiger partial charge is 0.263 e. The van der Waals surface area contributed by atoms with Gasteiger partial charge in [0.25, 0.3) is 5.91 Å². The summed E-state index contributed by atoms with van der Waals surface area (Å²) in [6.07, 6.45) is 0.00674. The predicted octanol–water partition coefficient (Wildman–Crippen LogP) is 4.47. The molecule has 0 spiro atoms. The molecule has 0 bridgehead atoms. The highest BCUT2D eigenvalue weighted by Gasteiger charge is 2.23. The number of rotatable bonds is 5. The van der Waals surface area contributed by atoms with Crippen LogP contribution in [0.3, 0.4) is 0 Å². The molecule has 0 saturated heterocycles. The third-order valence-corrected chi connectivity index (χ3v) is 4.85. The second kappa shape index (κ2) is 7.98. The molecule has 1 heterocycles. The van der Waals surface area contributed by atoms with E-state index in [2.05, 4.69) is 4.98 Å². The Balaban J connectivity index is 1.81. The molecule has 5 nitrogen and oxygen atoms in total. The molecule has 2 aromatic carbocycles. The van der Waals surface area contributed by atoms with Gasteiger partial charge in [-0.3, -0.25) is 14.9 Å². The molecule has 0 aliphatic rings. The highest BCUT2D eigenvalue weighted by Crippen LogP contribution is 2.28. The number of amides is 2. The van der Waals surface area contributed by atoms with Gasteiger partial charge in [0, 0.05) is 11.4 Å². The van der Waals surface area contributed by atoms with Crippen LogP contribution in [0.2, 0.25) is 5.02 Å². The van der Waals surface area contributed by atoms with Crippen molar-refractivity contribution in [1.82, 2.24) is 10.3 Å². The Kier molecular flexibility index (Phi) is 5.67.